The summed E-state index contributed by atoms with van der Waals surface area (Å²) in [5.41, 5.74) is 1.92. The SMILES string of the molecule is CCc1ccc(C(=O)N2CCN(C(=O)c3ccco3)CC2)cc1. The third kappa shape index (κ3) is 3.28. The summed E-state index contributed by atoms with van der Waals surface area (Å²) in [4.78, 5) is 28.2. The quantitative estimate of drug-likeness (QED) is 0.875. The Morgan fingerprint density at radius 2 is 1.57 bits per heavy atom. The molecule has 0 unspecified atom stereocenters. The van der Waals surface area contributed by atoms with Gasteiger partial charge in [0, 0.05) is 31.7 Å². The van der Waals surface area contributed by atoms with Crippen LogP contribution in [0.1, 0.15) is 33.4 Å². The molecule has 0 saturated carbocycles. The highest BCUT2D eigenvalue weighted by Gasteiger charge is 2.26. The van der Waals surface area contributed by atoms with Crippen LogP contribution in [0.15, 0.2) is 47.1 Å². The van der Waals surface area contributed by atoms with Gasteiger partial charge < -0.3 is 14.2 Å². The van der Waals surface area contributed by atoms with Crippen LogP contribution in [0.4, 0.5) is 0 Å². The van der Waals surface area contributed by atoms with E-state index in [1.54, 1.807) is 21.9 Å². The lowest BCUT2D eigenvalue weighted by Crippen LogP contribution is -2.50. The number of aryl methyl sites for hydroxylation is 1. The highest BCUT2D eigenvalue weighted by Crippen LogP contribution is 2.13. The molecule has 0 radical (unpaired) electrons. The van der Waals surface area contributed by atoms with Crippen LogP contribution in [0, 0.1) is 0 Å². The number of piperazine rings is 1. The van der Waals surface area contributed by atoms with Crippen molar-refractivity contribution in [2.75, 3.05) is 26.2 Å². The molecule has 1 fully saturated rings. The van der Waals surface area contributed by atoms with Crippen LogP contribution in [0.25, 0.3) is 0 Å². The second-order valence-corrected chi connectivity index (χ2v) is 5.61. The molecule has 0 bridgehead atoms. The molecule has 1 aromatic heterocycles. The van der Waals surface area contributed by atoms with Gasteiger partial charge in [0.25, 0.3) is 11.8 Å². The van der Waals surface area contributed by atoms with E-state index in [4.69, 9.17) is 4.42 Å². The van der Waals surface area contributed by atoms with Gasteiger partial charge in [-0.15, -0.1) is 0 Å². The molecule has 5 nitrogen and oxygen atoms in total. The predicted octanol–water partition coefficient (Wildman–Crippen LogP) is 2.44. The van der Waals surface area contributed by atoms with Gasteiger partial charge in [-0.05, 0) is 36.2 Å². The monoisotopic (exact) mass is 312 g/mol. The molecule has 2 aromatic rings. The van der Waals surface area contributed by atoms with E-state index in [9.17, 15) is 9.59 Å². The Morgan fingerprint density at radius 3 is 2.09 bits per heavy atom. The van der Waals surface area contributed by atoms with Crippen LogP contribution < -0.4 is 0 Å². The molecule has 2 heterocycles. The highest BCUT2D eigenvalue weighted by molar-refractivity contribution is 5.95. The molecular weight excluding hydrogens is 292 g/mol. The molecule has 0 aliphatic carbocycles. The third-order valence-corrected chi connectivity index (χ3v) is 4.20. The van der Waals surface area contributed by atoms with Crippen LogP contribution in [-0.2, 0) is 6.42 Å². The topological polar surface area (TPSA) is 53.8 Å². The summed E-state index contributed by atoms with van der Waals surface area (Å²) in [5.74, 6) is 0.257. The normalized spacial score (nSPS) is 14.8. The minimum atomic E-state index is -0.116. The zero-order valence-corrected chi connectivity index (χ0v) is 13.2. The van der Waals surface area contributed by atoms with Crippen LogP contribution in [-0.4, -0.2) is 47.8 Å². The van der Waals surface area contributed by atoms with Crippen molar-refractivity contribution in [1.29, 1.82) is 0 Å². The first-order chi connectivity index (χ1) is 11.2. The van der Waals surface area contributed by atoms with Gasteiger partial charge in [-0.2, -0.15) is 0 Å². The van der Waals surface area contributed by atoms with Crippen molar-refractivity contribution in [2.24, 2.45) is 0 Å². The Balaban J connectivity index is 1.59. The molecule has 1 aliphatic rings. The fourth-order valence-electron chi connectivity index (χ4n) is 2.73. The van der Waals surface area contributed by atoms with Gasteiger partial charge in [-0.25, -0.2) is 0 Å². The van der Waals surface area contributed by atoms with Crippen molar-refractivity contribution in [3.8, 4) is 0 Å². The molecule has 0 spiro atoms. The molecule has 1 saturated heterocycles. The molecule has 0 N–H and O–H groups in total. The van der Waals surface area contributed by atoms with Gasteiger partial charge in [0.2, 0.25) is 0 Å². The number of furan rings is 1. The summed E-state index contributed by atoms with van der Waals surface area (Å²) in [5, 5.41) is 0. The molecule has 1 aliphatic heterocycles. The Kier molecular flexibility index (Phi) is 4.46. The molecule has 1 aromatic carbocycles. The lowest BCUT2D eigenvalue weighted by molar-refractivity contribution is 0.0518. The van der Waals surface area contributed by atoms with Gasteiger partial charge in [0.15, 0.2) is 5.76 Å². The zero-order chi connectivity index (χ0) is 16.2. The maximum Gasteiger partial charge on any atom is 0.289 e. The highest BCUT2D eigenvalue weighted by atomic mass is 16.3. The second-order valence-electron chi connectivity index (χ2n) is 5.61. The van der Waals surface area contributed by atoms with Gasteiger partial charge >= 0.3 is 0 Å². The standard InChI is InChI=1S/C18H20N2O3/c1-2-14-5-7-15(8-6-14)17(21)19-9-11-20(12-10-19)18(22)16-4-3-13-23-16/h3-8,13H,2,9-12H2,1H3. The summed E-state index contributed by atoms with van der Waals surface area (Å²) >= 11 is 0. The third-order valence-electron chi connectivity index (χ3n) is 4.20. The summed E-state index contributed by atoms with van der Waals surface area (Å²) in [6.07, 6.45) is 2.45. The minimum absolute atomic E-state index is 0.0257. The lowest BCUT2D eigenvalue weighted by atomic mass is 10.1. The van der Waals surface area contributed by atoms with Crippen molar-refractivity contribution in [3.05, 3.63) is 59.5 Å². The number of nitrogens with zero attached hydrogens (tertiary/aromatic N) is 2. The Hall–Kier alpha value is -2.56. The Labute approximate surface area is 135 Å². The molecular formula is C18H20N2O3. The Bertz CT molecular complexity index is 669. The van der Waals surface area contributed by atoms with Gasteiger partial charge in [-0.1, -0.05) is 19.1 Å². The average Bonchev–Trinajstić information content (AvgIpc) is 3.15. The van der Waals surface area contributed by atoms with Crippen molar-refractivity contribution >= 4 is 11.8 Å². The fourth-order valence-corrected chi connectivity index (χ4v) is 2.73. The summed E-state index contributed by atoms with van der Waals surface area (Å²) < 4.78 is 5.14. The van der Waals surface area contributed by atoms with Crippen molar-refractivity contribution in [3.63, 3.8) is 0 Å². The van der Waals surface area contributed by atoms with E-state index in [0.29, 0.717) is 37.5 Å². The minimum Gasteiger partial charge on any atom is -0.459 e. The molecule has 23 heavy (non-hydrogen) atoms. The summed E-state index contributed by atoms with van der Waals surface area (Å²) in [7, 11) is 0. The van der Waals surface area contributed by atoms with Crippen LogP contribution >= 0.6 is 0 Å². The van der Waals surface area contributed by atoms with E-state index in [1.165, 1.54) is 11.8 Å². The summed E-state index contributed by atoms with van der Waals surface area (Å²) in [6.45, 7) is 4.23. The van der Waals surface area contributed by atoms with E-state index >= 15 is 0 Å². The van der Waals surface area contributed by atoms with Gasteiger partial charge in [0.1, 0.15) is 0 Å². The average molecular weight is 312 g/mol. The smallest absolute Gasteiger partial charge is 0.289 e. The number of carbonyl (C=O) groups excluding carboxylic acids is 2. The maximum absolute atomic E-state index is 12.5. The predicted molar refractivity (Wildman–Crippen MR) is 86.3 cm³/mol. The lowest BCUT2D eigenvalue weighted by Gasteiger charge is -2.34. The van der Waals surface area contributed by atoms with Gasteiger partial charge in [0.05, 0.1) is 6.26 Å². The maximum atomic E-state index is 12.5. The van der Waals surface area contributed by atoms with E-state index in [-0.39, 0.29) is 11.8 Å². The molecule has 5 heteroatoms. The first kappa shape index (κ1) is 15.3. The van der Waals surface area contributed by atoms with Crippen molar-refractivity contribution in [2.45, 2.75) is 13.3 Å². The molecule has 2 amide bonds. The van der Waals surface area contributed by atoms with Crippen LogP contribution in [0.5, 0.6) is 0 Å². The number of benzene rings is 1. The zero-order valence-electron chi connectivity index (χ0n) is 13.2. The second kappa shape index (κ2) is 6.69. The van der Waals surface area contributed by atoms with E-state index in [2.05, 4.69) is 6.92 Å². The van der Waals surface area contributed by atoms with E-state index < -0.39 is 0 Å². The number of rotatable bonds is 3. The number of carbonyl (C=O) groups is 2. The van der Waals surface area contributed by atoms with Crippen LogP contribution in [0.2, 0.25) is 0 Å². The van der Waals surface area contributed by atoms with E-state index in [0.717, 1.165) is 6.42 Å². The first-order valence-electron chi connectivity index (χ1n) is 7.90. The summed E-state index contributed by atoms with van der Waals surface area (Å²) in [6, 6.07) is 11.1. The number of hydrogen-bond acceptors (Lipinski definition) is 3. The molecule has 3 rings (SSSR count). The largest absolute Gasteiger partial charge is 0.459 e. The van der Waals surface area contributed by atoms with Crippen molar-refractivity contribution < 1.29 is 14.0 Å². The number of hydrogen-bond donors (Lipinski definition) is 0. The number of amides is 2. The molecule has 120 valence electrons. The Morgan fingerprint density at radius 1 is 0.957 bits per heavy atom. The van der Waals surface area contributed by atoms with Crippen molar-refractivity contribution in [1.82, 2.24) is 9.80 Å². The van der Waals surface area contributed by atoms with Crippen LogP contribution in [0.3, 0.4) is 0 Å². The fraction of sp³-hybridized carbons (Fsp3) is 0.333. The first-order valence-corrected chi connectivity index (χ1v) is 7.90. The molecule has 0 atom stereocenters. The van der Waals surface area contributed by atoms with E-state index in [1.807, 2.05) is 24.3 Å². The van der Waals surface area contributed by atoms with Gasteiger partial charge in [-0.3, -0.25) is 9.59 Å².